The molecule has 0 spiro atoms. The molecule has 8 heteroatoms. The fraction of sp³-hybridized carbons (Fsp3) is 0. The molecule has 0 unspecified atom stereocenters. The fourth-order valence-corrected chi connectivity index (χ4v) is 4.12. The average Bonchev–Trinajstić information content (AvgIpc) is 3.03. The third-order valence-electron chi connectivity index (χ3n) is 4.24. The Morgan fingerprint density at radius 2 is 1.93 bits per heavy atom. The lowest BCUT2D eigenvalue weighted by Crippen LogP contribution is -2.27. The second-order valence-corrected chi connectivity index (χ2v) is 7.99. The second-order valence-electron chi connectivity index (χ2n) is 6.31. The number of benzene rings is 2. The van der Waals surface area contributed by atoms with E-state index in [1.807, 2.05) is 6.07 Å². The first-order valence-corrected chi connectivity index (χ1v) is 10.1. The highest BCUT2D eigenvalue weighted by Crippen LogP contribution is 2.36. The molecule has 5 nitrogen and oxygen atoms in total. The summed E-state index contributed by atoms with van der Waals surface area (Å²) < 4.78 is 13.4. The summed E-state index contributed by atoms with van der Waals surface area (Å²) in [6.45, 7) is 0. The molecular formula is C22H14FN3O2S2. The van der Waals surface area contributed by atoms with Crippen LogP contribution in [0.2, 0.25) is 0 Å². The molecule has 1 aromatic heterocycles. The van der Waals surface area contributed by atoms with Crippen molar-refractivity contribution in [1.29, 1.82) is 0 Å². The van der Waals surface area contributed by atoms with E-state index in [1.54, 1.807) is 48.8 Å². The highest BCUT2D eigenvalue weighted by molar-refractivity contribution is 8.27. The Labute approximate surface area is 181 Å². The van der Waals surface area contributed by atoms with Gasteiger partial charge in [0.2, 0.25) is 0 Å². The molecule has 4 rings (SSSR count). The minimum Gasteiger partial charge on any atom is -0.322 e. The van der Waals surface area contributed by atoms with Gasteiger partial charge >= 0.3 is 0 Å². The normalized spacial score (nSPS) is 15.0. The molecule has 0 saturated carbocycles. The van der Waals surface area contributed by atoms with Crippen molar-refractivity contribution >= 4 is 57.6 Å². The van der Waals surface area contributed by atoms with Crippen LogP contribution in [-0.2, 0) is 4.79 Å². The summed E-state index contributed by atoms with van der Waals surface area (Å²) in [5.41, 5.74) is 2.11. The van der Waals surface area contributed by atoms with Crippen molar-refractivity contribution in [3.63, 3.8) is 0 Å². The number of thioether (sulfide) groups is 1. The van der Waals surface area contributed by atoms with E-state index in [0.717, 1.165) is 5.56 Å². The lowest BCUT2D eigenvalue weighted by atomic mass is 10.1. The van der Waals surface area contributed by atoms with Crippen molar-refractivity contribution in [3.05, 3.63) is 94.9 Å². The summed E-state index contributed by atoms with van der Waals surface area (Å²) >= 11 is 6.59. The average molecular weight is 436 g/mol. The van der Waals surface area contributed by atoms with Crippen LogP contribution in [0.15, 0.2) is 78.0 Å². The summed E-state index contributed by atoms with van der Waals surface area (Å²) in [4.78, 5) is 31.4. The molecule has 1 fully saturated rings. The van der Waals surface area contributed by atoms with Gasteiger partial charge in [-0.05, 0) is 60.2 Å². The Morgan fingerprint density at radius 1 is 1.13 bits per heavy atom. The van der Waals surface area contributed by atoms with Crippen LogP contribution in [0.1, 0.15) is 15.9 Å². The fourth-order valence-electron chi connectivity index (χ4n) is 2.83. The third-order valence-corrected chi connectivity index (χ3v) is 5.55. The number of nitrogens with one attached hydrogen (secondary N) is 1. The summed E-state index contributed by atoms with van der Waals surface area (Å²) in [5, 5.41) is 2.70. The number of thiocarbonyl (C=S) groups is 1. The van der Waals surface area contributed by atoms with Crippen LogP contribution in [0.25, 0.3) is 6.08 Å². The van der Waals surface area contributed by atoms with Crippen LogP contribution >= 0.6 is 24.0 Å². The number of pyridine rings is 1. The zero-order chi connectivity index (χ0) is 21.1. The summed E-state index contributed by atoms with van der Waals surface area (Å²) in [5.74, 6) is -1.02. The Bertz CT molecular complexity index is 1160. The van der Waals surface area contributed by atoms with Gasteiger partial charge in [-0.1, -0.05) is 36.1 Å². The van der Waals surface area contributed by atoms with Crippen molar-refractivity contribution in [2.24, 2.45) is 0 Å². The molecular weight excluding hydrogens is 421 g/mol. The van der Waals surface area contributed by atoms with Crippen LogP contribution in [-0.4, -0.2) is 21.1 Å². The third kappa shape index (κ3) is 4.29. The Hall–Kier alpha value is -3.36. The van der Waals surface area contributed by atoms with E-state index in [9.17, 15) is 14.0 Å². The molecule has 3 aromatic rings. The highest BCUT2D eigenvalue weighted by Gasteiger charge is 2.33. The largest absolute Gasteiger partial charge is 0.322 e. The number of rotatable bonds is 4. The first-order valence-electron chi connectivity index (χ1n) is 8.86. The van der Waals surface area contributed by atoms with Crippen molar-refractivity contribution in [2.75, 3.05) is 10.2 Å². The van der Waals surface area contributed by atoms with Crippen molar-refractivity contribution in [2.45, 2.75) is 0 Å². The maximum absolute atomic E-state index is 13.0. The lowest BCUT2D eigenvalue weighted by Gasteiger charge is -2.15. The van der Waals surface area contributed by atoms with Gasteiger partial charge in [0.1, 0.15) is 5.82 Å². The van der Waals surface area contributed by atoms with E-state index in [-0.39, 0.29) is 17.6 Å². The monoisotopic (exact) mass is 435 g/mol. The number of amides is 2. The minimum absolute atomic E-state index is 0.259. The number of hydrogen-bond acceptors (Lipinski definition) is 5. The van der Waals surface area contributed by atoms with E-state index in [4.69, 9.17) is 12.2 Å². The number of carbonyl (C=O) groups is 2. The van der Waals surface area contributed by atoms with Crippen LogP contribution in [0.4, 0.5) is 15.8 Å². The summed E-state index contributed by atoms with van der Waals surface area (Å²) in [6, 6.07) is 15.7. The molecule has 0 aliphatic carbocycles. The van der Waals surface area contributed by atoms with Crippen LogP contribution in [0.3, 0.4) is 0 Å². The quantitative estimate of drug-likeness (QED) is 0.468. The van der Waals surface area contributed by atoms with Gasteiger partial charge in [0.15, 0.2) is 4.32 Å². The number of aromatic nitrogens is 1. The molecule has 1 N–H and O–H groups in total. The maximum Gasteiger partial charge on any atom is 0.270 e. The predicted octanol–water partition coefficient (Wildman–Crippen LogP) is 4.88. The van der Waals surface area contributed by atoms with Crippen molar-refractivity contribution in [3.8, 4) is 0 Å². The van der Waals surface area contributed by atoms with Crippen LogP contribution < -0.4 is 10.2 Å². The number of halogens is 1. The van der Waals surface area contributed by atoms with Crippen molar-refractivity contribution < 1.29 is 14.0 Å². The number of carbonyl (C=O) groups excluding carboxylic acids is 2. The molecule has 148 valence electrons. The van der Waals surface area contributed by atoms with Gasteiger partial charge in [-0.2, -0.15) is 0 Å². The van der Waals surface area contributed by atoms with E-state index in [0.29, 0.717) is 26.2 Å². The molecule has 0 atom stereocenters. The molecule has 1 aliphatic heterocycles. The first kappa shape index (κ1) is 19.9. The van der Waals surface area contributed by atoms with Gasteiger partial charge in [-0.25, -0.2) is 4.39 Å². The maximum atomic E-state index is 13.0. The molecule has 2 heterocycles. The zero-order valence-electron chi connectivity index (χ0n) is 15.4. The van der Waals surface area contributed by atoms with Crippen LogP contribution in [0.5, 0.6) is 0 Å². The van der Waals surface area contributed by atoms with Gasteiger partial charge in [0.25, 0.3) is 11.8 Å². The van der Waals surface area contributed by atoms with E-state index in [2.05, 4.69) is 10.3 Å². The van der Waals surface area contributed by atoms with E-state index >= 15 is 0 Å². The lowest BCUT2D eigenvalue weighted by molar-refractivity contribution is -0.113. The predicted molar refractivity (Wildman–Crippen MR) is 121 cm³/mol. The zero-order valence-corrected chi connectivity index (χ0v) is 17.0. The van der Waals surface area contributed by atoms with E-state index < -0.39 is 0 Å². The molecule has 1 saturated heterocycles. The molecule has 0 radical (unpaired) electrons. The van der Waals surface area contributed by atoms with E-state index in [1.165, 1.54) is 40.9 Å². The van der Waals surface area contributed by atoms with Crippen LogP contribution in [0, 0.1) is 5.82 Å². The first-order chi connectivity index (χ1) is 14.5. The van der Waals surface area contributed by atoms with Crippen molar-refractivity contribution in [1.82, 2.24) is 4.98 Å². The Morgan fingerprint density at radius 3 is 2.67 bits per heavy atom. The molecule has 0 bridgehead atoms. The molecule has 2 aromatic carbocycles. The number of hydrogen-bond donors (Lipinski definition) is 1. The van der Waals surface area contributed by atoms with Gasteiger partial charge in [-0.3, -0.25) is 19.5 Å². The number of nitrogens with zero attached hydrogens (tertiary/aromatic N) is 2. The SMILES string of the molecule is O=C(Nc1ccc(F)cc1)c1cccc(N2C(=O)/C(=C\c3cccnc3)SC2=S)c1. The Kier molecular flexibility index (Phi) is 5.69. The highest BCUT2D eigenvalue weighted by atomic mass is 32.2. The Balaban J connectivity index is 1.56. The molecule has 1 aliphatic rings. The van der Waals surface area contributed by atoms with Gasteiger partial charge in [0.05, 0.1) is 10.6 Å². The summed E-state index contributed by atoms with van der Waals surface area (Å²) in [6.07, 6.45) is 5.05. The standard InChI is InChI=1S/C22H14FN3O2S2/c23-16-6-8-17(9-7-16)25-20(27)15-4-1-5-18(12-15)26-21(28)19(30-22(26)29)11-14-3-2-10-24-13-14/h1-13H,(H,25,27)/b19-11+. The van der Waals surface area contributed by atoms with Gasteiger partial charge in [-0.15, -0.1) is 0 Å². The number of anilines is 2. The smallest absolute Gasteiger partial charge is 0.270 e. The topological polar surface area (TPSA) is 62.3 Å². The van der Waals surface area contributed by atoms with Gasteiger partial charge < -0.3 is 5.32 Å². The summed E-state index contributed by atoms with van der Waals surface area (Å²) in [7, 11) is 0. The van der Waals surface area contributed by atoms with Gasteiger partial charge in [0, 0.05) is 23.6 Å². The molecule has 2 amide bonds. The second kappa shape index (κ2) is 8.56. The minimum atomic E-state index is -0.385. The molecule has 30 heavy (non-hydrogen) atoms.